The number of nitrogens with zero attached hydrogens (tertiary/aromatic N) is 1. The van der Waals surface area contributed by atoms with Gasteiger partial charge in [0, 0.05) is 17.5 Å². The molecule has 0 unspecified atom stereocenters. The maximum atomic E-state index is 12.3. The molecule has 1 aromatic carbocycles. The van der Waals surface area contributed by atoms with Crippen LogP contribution >= 0.6 is 11.6 Å². The Bertz CT molecular complexity index is 690. The summed E-state index contributed by atoms with van der Waals surface area (Å²) in [6, 6.07) is 6.56. The number of benzene rings is 1. The van der Waals surface area contributed by atoms with Gasteiger partial charge in [0.2, 0.25) is 0 Å². The van der Waals surface area contributed by atoms with Gasteiger partial charge in [-0.3, -0.25) is 4.79 Å². The molecule has 0 saturated heterocycles. The van der Waals surface area contributed by atoms with Gasteiger partial charge in [-0.05, 0) is 38.1 Å². The molecule has 0 bridgehead atoms. The highest BCUT2D eigenvalue weighted by Crippen LogP contribution is 2.25. The lowest BCUT2D eigenvalue weighted by molar-refractivity contribution is -0.147. The monoisotopic (exact) mass is 295 g/mol. The van der Waals surface area contributed by atoms with E-state index in [1.54, 1.807) is 24.3 Å². The Morgan fingerprint density at radius 3 is 2.55 bits per heavy atom. The standard InChI is InChI=1S/C14H14ClNO4/c1-14(2,13(18)19)16(3)12(17)11-7-8-6-9(15)4-5-10(8)20-11/h4-7H,1-3H3,(H,18,19). The molecule has 1 amide bonds. The molecule has 0 spiro atoms. The van der Waals surface area contributed by atoms with Crippen molar-refractivity contribution in [1.29, 1.82) is 0 Å². The molecule has 0 saturated carbocycles. The van der Waals surface area contributed by atoms with Crippen molar-refractivity contribution in [2.75, 3.05) is 7.05 Å². The summed E-state index contributed by atoms with van der Waals surface area (Å²) in [5.74, 6) is -1.50. The lowest BCUT2D eigenvalue weighted by Crippen LogP contribution is -2.50. The molecule has 0 aliphatic carbocycles. The van der Waals surface area contributed by atoms with Crippen molar-refractivity contribution >= 4 is 34.4 Å². The second-order valence-corrected chi connectivity index (χ2v) is 5.46. The van der Waals surface area contributed by atoms with Gasteiger partial charge in [-0.1, -0.05) is 11.6 Å². The molecule has 2 rings (SSSR count). The van der Waals surface area contributed by atoms with Gasteiger partial charge >= 0.3 is 5.97 Å². The van der Waals surface area contributed by atoms with E-state index in [0.717, 1.165) is 4.90 Å². The summed E-state index contributed by atoms with van der Waals surface area (Å²) in [5.41, 5.74) is -0.799. The Morgan fingerprint density at radius 1 is 1.30 bits per heavy atom. The molecule has 20 heavy (non-hydrogen) atoms. The van der Waals surface area contributed by atoms with E-state index >= 15 is 0 Å². The van der Waals surface area contributed by atoms with Crippen LogP contribution in [0.4, 0.5) is 0 Å². The average molecular weight is 296 g/mol. The first kappa shape index (κ1) is 14.4. The van der Waals surface area contributed by atoms with Crippen molar-refractivity contribution < 1.29 is 19.1 Å². The number of hydrogen-bond donors (Lipinski definition) is 1. The van der Waals surface area contributed by atoms with E-state index in [9.17, 15) is 9.59 Å². The third-order valence-corrected chi connectivity index (χ3v) is 3.59. The molecule has 1 N–H and O–H groups in total. The highest BCUT2D eigenvalue weighted by Gasteiger charge is 2.36. The van der Waals surface area contributed by atoms with Crippen LogP contribution in [0.5, 0.6) is 0 Å². The molecular formula is C14H14ClNO4. The predicted molar refractivity (Wildman–Crippen MR) is 75.0 cm³/mol. The largest absolute Gasteiger partial charge is 0.480 e. The van der Waals surface area contributed by atoms with Crippen molar-refractivity contribution in [3.63, 3.8) is 0 Å². The van der Waals surface area contributed by atoms with E-state index in [1.165, 1.54) is 20.9 Å². The van der Waals surface area contributed by atoms with Crippen LogP contribution in [0.3, 0.4) is 0 Å². The predicted octanol–water partition coefficient (Wildman–Crippen LogP) is 3.02. The fourth-order valence-corrected chi connectivity index (χ4v) is 1.86. The zero-order valence-electron chi connectivity index (χ0n) is 11.3. The fraction of sp³-hybridized carbons (Fsp3) is 0.286. The van der Waals surface area contributed by atoms with Gasteiger partial charge in [0.25, 0.3) is 5.91 Å². The molecule has 2 aromatic rings. The van der Waals surface area contributed by atoms with Crippen molar-refractivity contribution in [2.45, 2.75) is 19.4 Å². The van der Waals surface area contributed by atoms with Gasteiger partial charge in [-0.2, -0.15) is 0 Å². The summed E-state index contributed by atoms with van der Waals surface area (Å²) in [6.07, 6.45) is 0. The SMILES string of the molecule is CN(C(=O)c1cc2cc(Cl)ccc2o1)C(C)(C)C(=O)O. The number of amides is 1. The maximum absolute atomic E-state index is 12.3. The van der Waals surface area contributed by atoms with Crippen molar-refractivity contribution in [1.82, 2.24) is 4.90 Å². The fourth-order valence-electron chi connectivity index (χ4n) is 1.68. The molecule has 0 fully saturated rings. The van der Waals surface area contributed by atoms with Crippen LogP contribution in [0.1, 0.15) is 24.4 Å². The van der Waals surface area contributed by atoms with Gasteiger partial charge < -0.3 is 14.4 Å². The Hall–Kier alpha value is -2.01. The average Bonchev–Trinajstić information content (AvgIpc) is 2.79. The van der Waals surface area contributed by atoms with E-state index in [4.69, 9.17) is 21.1 Å². The van der Waals surface area contributed by atoms with E-state index in [2.05, 4.69) is 0 Å². The molecule has 106 valence electrons. The van der Waals surface area contributed by atoms with E-state index < -0.39 is 17.4 Å². The van der Waals surface area contributed by atoms with Gasteiger partial charge in [0.05, 0.1) is 0 Å². The first-order chi connectivity index (χ1) is 9.23. The number of aliphatic carboxylic acids is 1. The van der Waals surface area contributed by atoms with Crippen LogP contribution < -0.4 is 0 Å². The number of carboxylic acid groups (broad SMARTS) is 1. The molecule has 0 aliphatic heterocycles. The molecule has 5 nitrogen and oxygen atoms in total. The van der Waals surface area contributed by atoms with Crippen LogP contribution in [-0.2, 0) is 4.79 Å². The number of rotatable bonds is 3. The minimum absolute atomic E-state index is 0.0825. The first-order valence-corrected chi connectivity index (χ1v) is 6.32. The highest BCUT2D eigenvalue weighted by molar-refractivity contribution is 6.31. The summed E-state index contributed by atoms with van der Waals surface area (Å²) in [4.78, 5) is 24.6. The van der Waals surface area contributed by atoms with Crippen LogP contribution in [0.2, 0.25) is 5.02 Å². The highest BCUT2D eigenvalue weighted by atomic mass is 35.5. The van der Waals surface area contributed by atoms with E-state index in [-0.39, 0.29) is 5.76 Å². The number of carboxylic acids is 1. The third-order valence-electron chi connectivity index (χ3n) is 3.36. The van der Waals surface area contributed by atoms with Gasteiger partial charge in [0.1, 0.15) is 11.1 Å². The molecule has 0 radical (unpaired) electrons. The van der Waals surface area contributed by atoms with Crippen molar-refractivity contribution in [3.8, 4) is 0 Å². The summed E-state index contributed by atoms with van der Waals surface area (Å²) in [7, 11) is 1.43. The second-order valence-electron chi connectivity index (χ2n) is 5.02. The minimum atomic E-state index is -1.33. The minimum Gasteiger partial charge on any atom is -0.480 e. The number of carbonyl (C=O) groups excluding carboxylic acids is 1. The lowest BCUT2D eigenvalue weighted by atomic mass is 10.0. The number of furan rings is 1. The van der Waals surface area contributed by atoms with Gasteiger partial charge in [0.15, 0.2) is 5.76 Å². The molecule has 6 heteroatoms. The number of hydrogen-bond acceptors (Lipinski definition) is 3. The number of likely N-dealkylation sites (N-methyl/N-ethyl adjacent to an activating group) is 1. The van der Waals surface area contributed by atoms with Gasteiger partial charge in [-0.15, -0.1) is 0 Å². The van der Waals surface area contributed by atoms with Crippen LogP contribution in [0, 0.1) is 0 Å². The van der Waals surface area contributed by atoms with E-state index in [0.29, 0.717) is 16.0 Å². The third kappa shape index (κ3) is 2.36. The molecule has 1 aromatic heterocycles. The quantitative estimate of drug-likeness (QED) is 0.945. The Balaban J connectivity index is 2.38. The summed E-state index contributed by atoms with van der Waals surface area (Å²) < 4.78 is 5.44. The van der Waals surface area contributed by atoms with E-state index in [1.807, 2.05) is 0 Å². The zero-order chi connectivity index (χ0) is 15.1. The van der Waals surface area contributed by atoms with Crippen LogP contribution in [0.25, 0.3) is 11.0 Å². The maximum Gasteiger partial charge on any atom is 0.329 e. The summed E-state index contributed by atoms with van der Waals surface area (Å²) in [6.45, 7) is 2.90. The number of carbonyl (C=O) groups is 2. The van der Waals surface area contributed by atoms with Crippen LogP contribution in [0.15, 0.2) is 28.7 Å². The Labute approximate surface area is 120 Å². The number of fused-ring (bicyclic) bond motifs is 1. The number of halogens is 1. The Morgan fingerprint density at radius 2 is 1.95 bits per heavy atom. The molecule has 1 heterocycles. The van der Waals surface area contributed by atoms with Crippen LogP contribution in [-0.4, -0.2) is 34.5 Å². The van der Waals surface area contributed by atoms with Crippen molar-refractivity contribution in [2.24, 2.45) is 0 Å². The topological polar surface area (TPSA) is 70.8 Å². The molecular weight excluding hydrogens is 282 g/mol. The lowest BCUT2D eigenvalue weighted by Gasteiger charge is -2.30. The van der Waals surface area contributed by atoms with Gasteiger partial charge in [-0.25, -0.2) is 4.79 Å². The smallest absolute Gasteiger partial charge is 0.329 e. The molecule has 0 atom stereocenters. The van der Waals surface area contributed by atoms with Crippen molar-refractivity contribution in [3.05, 3.63) is 35.0 Å². The summed E-state index contributed by atoms with van der Waals surface area (Å²) in [5, 5.41) is 10.4. The zero-order valence-corrected chi connectivity index (χ0v) is 12.1. The summed E-state index contributed by atoms with van der Waals surface area (Å²) >= 11 is 5.87. The molecule has 0 aliphatic rings. The second kappa shape index (κ2) is 4.83. The normalized spacial score (nSPS) is 11.6. The Kier molecular flexibility index (Phi) is 3.48. The first-order valence-electron chi connectivity index (χ1n) is 5.94.